The van der Waals surface area contributed by atoms with E-state index in [-0.39, 0.29) is 11.2 Å². The molecule has 7 nitrogen and oxygen atoms in total. The van der Waals surface area contributed by atoms with Crippen LogP contribution in [0.4, 0.5) is 11.4 Å². The number of carbonyl (C=O) groups excluding carboxylic acids is 2. The summed E-state index contributed by atoms with van der Waals surface area (Å²) in [5.41, 5.74) is 7.02. The summed E-state index contributed by atoms with van der Waals surface area (Å²) in [6.45, 7) is 1.73. The van der Waals surface area contributed by atoms with Crippen LogP contribution < -0.4 is 21.4 Å². The number of benzene rings is 2. The molecule has 29 heavy (non-hydrogen) atoms. The Morgan fingerprint density at radius 1 is 1.00 bits per heavy atom. The van der Waals surface area contributed by atoms with Crippen molar-refractivity contribution in [3.63, 3.8) is 0 Å². The van der Waals surface area contributed by atoms with E-state index in [1.807, 2.05) is 0 Å². The second-order valence-electron chi connectivity index (χ2n) is 7.07. The Morgan fingerprint density at radius 2 is 1.76 bits per heavy atom. The van der Waals surface area contributed by atoms with Crippen molar-refractivity contribution < 1.29 is 14.0 Å². The number of hydrogen-bond acceptors (Lipinski definition) is 5. The highest BCUT2D eigenvalue weighted by Gasteiger charge is 2.19. The number of nitrogens with two attached hydrogens (primary N) is 1. The maximum Gasteiger partial charge on any atom is 0.291 e. The summed E-state index contributed by atoms with van der Waals surface area (Å²) in [6.07, 6.45) is 3.29. The zero-order valence-corrected chi connectivity index (χ0v) is 15.8. The van der Waals surface area contributed by atoms with Gasteiger partial charge in [0, 0.05) is 24.7 Å². The third kappa shape index (κ3) is 3.85. The summed E-state index contributed by atoms with van der Waals surface area (Å²) in [6, 6.07) is 12.9. The summed E-state index contributed by atoms with van der Waals surface area (Å²) >= 11 is 0. The van der Waals surface area contributed by atoms with Gasteiger partial charge in [-0.2, -0.15) is 0 Å². The number of amides is 2. The summed E-state index contributed by atoms with van der Waals surface area (Å²) in [5.74, 6) is -1.24. The van der Waals surface area contributed by atoms with Crippen molar-refractivity contribution in [2.45, 2.75) is 19.3 Å². The Morgan fingerprint density at radius 3 is 2.52 bits per heavy atom. The Labute approximate surface area is 167 Å². The third-order valence-corrected chi connectivity index (χ3v) is 5.08. The van der Waals surface area contributed by atoms with Crippen LogP contribution in [0.15, 0.2) is 57.7 Å². The van der Waals surface area contributed by atoms with Gasteiger partial charge < -0.3 is 20.4 Å². The lowest BCUT2D eigenvalue weighted by Gasteiger charge is -2.30. The fourth-order valence-electron chi connectivity index (χ4n) is 3.60. The lowest BCUT2D eigenvalue weighted by molar-refractivity contribution is 0.0988. The molecule has 3 N–H and O–H groups in total. The molecule has 0 aliphatic carbocycles. The molecule has 2 heterocycles. The van der Waals surface area contributed by atoms with Crippen molar-refractivity contribution >= 4 is 34.2 Å². The fourth-order valence-corrected chi connectivity index (χ4v) is 3.60. The smallest absolute Gasteiger partial charge is 0.291 e. The van der Waals surface area contributed by atoms with Crippen molar-refractivity contribution in [3.05, 3.63) is 70.1 Å². The lowest BCUT2D eigenvalue weighted by atomic mass is 10.1. The molecule has 148 valence electrons. The van der Waals surface area contributed by atoms with Crippen molar-refractivity contribution in [2.24, 2.45) is 5.73 Å². The van der Waals surface area contributed by atoms with Crippen LogP contribution in [0.5, 0.6) is 0 Å². The molecule has 2 aromatic carbocycles. The number of anilines is 2. The van der Waals surface area contributed by atoms with Crippen LogP contribution in [-0.2, 0) is 0 Å². The first-order valence-electron chi connectivity index (χ1n) is 9.56. The fraction of sp³-hybridized carbons (Fsp3) is 0.227. The largest absolute Gasteiger partial charge is 0.451 e. The second-order valence-corrected chi connectivity index (χ2v) is 7.07. The average Bonchev–Trinajstić information content (AvgIpc) is 2.74. The maximum absolute atomic E-state index is 12.8. The third-order valence-electron chi connectivity index (χ3n) is 5.08. The number of rotatable bonds is 4. The Hall–Kier alpha value is -3.61. The molecule has 1 saturated heterocycles. The first-order chi connectivity index (χ1) is 14.0. The first-order valence-corrected chi connectivity index (χ1v) is 9.56. The predicted molar refractivity (Wildman–Crippen MR) is 111 cm³/mol. The molecule has 7 heteroatoms. The Balaban J connectivity index is 1.70. The second kappa shape index (κ2) is 7.79. The number of piperidine rings is 1. The molecule has 4 rings (SSSR count). The topological polar surface area (TPSA) is 106 Å². The van der Waals surface area contributed by atoms with E-state index >= 15 is 0 Å². The average molecular weight is 391 g/mol. The minimum atomic E-state index is -0.581. The van der Waals surface area contributed by atoms with Gasteiger partial charge in [-0.3, -0.25) is 14.4 Å². The number of hydrogen-bond donors (Lipinski definition) is 2. The standard InChI is InChI=1S/C22H21N3O4/c23-21(27)14-8-9-17(25-10-4-1-5-11-25)16(12-14)24-22(28)20-13-18(26)15-6-2-3-7-19(15)29-20/h2-3,6-9,12-13H,1,4-5,10-11H2,(H2,23,27)(H,24,28). The van der Waals surface area contributed by atoms with Gasteiger partial charge in [0.2, 0.25) is 5.91 Å². The molecule has 1 aliphatic heterocycles. The highest BCUT2D eigenvalue weighted by molar-refractivity contribution is 6.06. The molecular formula is C22H21N3O4. The molecule has 2 amide bonds. The molecule has 1 aliphatic rings. The molecule has 0 atom stereocenters. The number of carbonyl (C=O) groups is 2. The molecular weight excluding hydrogens is 370 g/mol. The van der Waals surface area contributed by atoms with Crippen LogP contribution in [-0.4, -0.2) is 24.9 Å². The first kappa shape index (κ1) is 18.7. The quantitative estimate of drug-likeness (QED) is 0.711. The Kier molecular flexibility index (Phi) is 5.03. The van der Waals surface area contributed by atoms with Crippen molar-refractivity contribution in [2.75, 3.05) is 23.3 Å². The van der Waals surface area contributed by atoms with Crippen LogP contribution >= 0.6 is 0 Å². The van der Waals surface area contributed by atoms with E-state index in [2.05, 4.69) is 10.2 Å². The highest BCUT2D eigenvalue weighted by atomic mass is 16.3. The van der Waals surface area contributed by atoms with Crippen LogP contribution in [0, 0.1) is 0 Å². The van der Waals surface area contributed by atoms with Crippen LogP contribution in [0.25, 0.3) is 11.0 Å². The van der Waals surface area contributed by atoms with E-state index < -0.39 is 11.8 Å². The number of nitrogens with zero attached hydrogens (tertiary/aromatic N) is 1. The van der Waals surface area contributed by atoms with Crippen molar-refractivity contribution in [1.29, 1.82) is 0 Å². The zero-order chi connectivity index (χ0) is 20.4. The molecule has 1 fully saturated rings. The van der Waals surface area contributed by atoms with Gasteiger partial charge in [-0.1, -0.05) is 12.1 Å². The van der Waals surface area contributed by atoms with Crippen LogP contribution in [0.3, 0.4) is 0 Å². The Bertz CT molecular complexity index is 1150. The van der Waals surface area contributed by atoms with Gasteiger partial charge in [-0.15, -0.1) is 0 Å². The van der Waals surface area contributed by atoms with Crippen molar-refractivity contribution in [3.8, 4) is 0 Å². The normalized spacial score (nSPS) is 14.0. The van der Waals surface area contributed by atoms with E-state index in [0.717, 1.165) is 31.6 Å². The van der Waals surface area contributed by atoms with Gasteiger partial charge in [-0.05, 0) is 49.6 Å². The summed E-state index contributed by atoms with van der Waals surface area (Å²) in [7, 11) is 0. The molecule has 0 radical (unpaired) electrons. The molecule has 3 aromatic rings. The van der Waals surface area contributed by atoms with Gasteiger partial charge in [-0.25, -0.2) is 0 Å². The minimum absolute atomic E-state index is 0.0947. The molecule has 0 unspecified atom stereocenters. The molecule has 1 aromatic heterocycles. The van der Waals surface area contributed by atoms with Gasteiger partial charge in [0.05, 0.1) is 16.8 Å². The summed E-state index contributed by atoms with van der Waals surface area (Å²) < 4.78 is 5.62. The van der Waals surface area contributed by atoms with Crippen LogP contribution in [0.2, 0.25) is 0 Å². The number of nitrogens with one attached hydrogen (secondary N) is 1. The van der Waals surface area contributed by atoms with Crippen LogP contribution in [0.1, 0.15) is 40.2 Å². The monoisotopic (exact) mass is 391 g/mol. The van der Waals surface area contributed by atoms with E-state index in [1.54, 1.807) is 42.5 Å². The lowest BCUT2D eigenvalue weighted by Crippen LogP contribution is -2.30. The van der Waals surface area contributed by atoms with E-state index in [1.165, 1.54) is 12.5 Å². The van der Waals surface area contributed by atoms with E-state index in [4.69, 9.17) is 10.2 Å². The van der Waals surface area contributed by atoms with Gasteiger partial charge in [0.1, 0.15) is 5.58 Å². The summed E-state index contributed by atoms with van der Waals surface area (Å²) in [5, 5.41) is 3.20. The van der Waals surface area contributed by atoms with Crippen molar-refractivity contribution in [1.82, 2.24) is 0 Å². The molecule has 0 bridgehead atoms. The van der Waals surface area contributed by atoms with Gasteiger partial charge >= 0.3 is 0 Å². The van der Waals surface area contributed by atoms with Gasteiger partial charge in [0.15, 0.2) is 11.2 Å². The zero-order valence-electron chi connectivity index (χ0n) is 15.8. The van der Waals surface area contributed by atoms with E-state index in [9.17, 15) is 14.4 Å². The number of para-hydroxylation sites is 1. The summed E-state index contributed by atoms with van der Waals surface area (Å²) in [4.78, 5) is 38.9. The van der Waals surface area contributed by atoms with E-state index in [0.29, 0.717) is 22.2 Å². The number of fused-ring (bicyclic) bond motifs is 1. The van der Waals surface area contributed by atoms with Gasteiger partial charge in [0.25, 0.3) is 5.91 Å². The highest BCUT2D eigenvalue weighted by Crippen LogP contribution is 2.30. The number of primary amides is 1. The SMILES string of the molecule is NC(=O)c1ccc(N2CCCCC2)c(NC(=O)c2cc(=O)c3ccccc3o2)c1. The predicted octanol–water partition coefficient (Wildman–Crippen LogP) is 3.13. The molecule has 0 spiro atoms. The molecule has 0 saturated carbocycles. The maximum atomic E-state index is 12.8. The minimum Gasteiger partial charge on any atom is -0.451 e.